The second kappa shape index (κ2) is 13.0. The van der Waals surface area contributed by atoms with Gasteiger partial charge < -0.3 is 14.8 Å². The van der Waals surface area contributed by atoms with E-state index in [2.05, 4.69) is 4.98 Å². The standard InChI is InChI=1S/C8H15N3OS2.2C2H6/c1-6-7(11(2)13-3)10-8(14-6)12-5-4-9;2*1-2/h4-5,9H2,1-3H3;2*1-2H3. The predicted molar refractivity (Wildman–Crippen MR) is 86.0 cm³/mol. The van der Waals surface area contributed by atoms with Gasteiger partial charge >= 0.3 is 0 Å². The highest BCUT2D eigenvalue weighted by Crippen LogP contribution is 2.31. The molecule has 1 rings (SSSR count). The van der Waals surface area contributed by atoms with Crippen LogP contribution in [0.25, 0.3) is 0 Å². The van der Waals surface area contributed by atoms with Gasteiger partial charge in [-0.15, -0.1) is 0 Å². The van der Waals surface area contributed by atoms with Crippen molar-refractivity contribution in [2.24, 2.45) is 5.73 Å². The summed E-state index contributed by atoms with van der Waals surface area (Å²) in [4.78, 5) is 5.52. The number of ether oxygens (including phenoxy) is 1. The van der Waals surface area contributed by atoms with Gasteiger partial charge in [0.15, 0.2) is 5.82 Å². The summed E-state index contributed by atoms with van der Waals surface area (Å²) >= 11 is 3.18. The molecule has 0 saturated carbocycles. The van der Waals surface area contributed by atoms with E-state index in [1.54, 1.807) is 23.3 Å². The quantitative estimate of drug-likeness (QED) is 0.841. The topological polar surface area (TPSA) is 51.4 Å². The fourth-order valence-corrected chi connectivity index (χ4v) is 2.17. The van der Waals surface area contributed by atoms with E-state index in [0.717, 1.165) is 10.7 Å². The molecule has 0 aliphatic heterocycles. The Kier molecular flexibility index (Phi) is 14.3. The lowest BCUT2D eigenvalue weighted by atomic mass is 10.5. The first kappa shape index (κ1) is 19.9. The molecule has 4 nitrogen and oxygen atoms in total. The third-order valence-electron chi connectivity index (χ3n) is 1.67. The summed E-state index contributed by atoms with van der Waals surface area (Å²) in [6.07, 6.45) is 2.01. The zero-order chi connectivity index (χ0) is 14.6. The van der Waals surface area contributed by atoms with Gasteiger partial charge in [-0.1, -0.05) is 51.0 Å². The van der Waals surface area contributed by atoms with Crippen molar-refractivity contribution in [1.82, 2.24) is 4.98 Å². The lowest BCUT2D eigenvalue weighted by Gasteiger charge is -2.11. The van der Waals surface area contributed by atoms with Crippen LogP contribution in [0.4, 0.5) is 5.82 Å². The third-order valence-corrected chi connectivity index (χ3v) is 3.26. The molecule has 0 aliphatic rings. The molecule has 0 saturated heterocycles. The van der Waals surface area contributed by atoms with Crippen LogP contribution >= 0.6 is 23.3 Å². The Morgan fingerprint density at radius 2 is 1.89 bits per heavy atom. The Balaban J connectivity index is 0. The van der Waals surface area contributed by atoms with E-state index < -0.39 is 0 Å². The number of hydrogen-bond acceptors (Lipinski definition) is 6. The van der Waals surface area contributed by atoms with Crippen LogP contribution in [-0.2, 0) is 0 Å². The molecule has 0 bridgehead atoms. The van der Waals surface area contributed by atoms with E-state index >= 15 is 0 Å². The van der Waals surface area contributed by atoms with Crippen molar-refractivity contribution >= 4 is 29.1 Å². The van der Waals surface area contributed by atoms with Crippen molar-refractivity contribution < 1.29 is 4.74 Å². The number of hydrogen-bond donors (Lipinski definition) is 1. The zero-order valence-corrected chi connectivity index (χ0v) is 14.2. The number of nitrogens with two attached hydrogens (primary N) is 1. The van der Waals surface area contributed by atoms with Crippen molar-refractivity contribution in [2.45, 2.75) is 34.6 Å². The van der Waals surface area contributed by atoms with Gasteiger partial charge in [-0.05, 0) is 6.92 Å². The number of anilines is 1. The van der Waals surface area contributed by atoms with Crippen LogP contribution in [-0.4, -0.2) is 31.4 Å². The Morgan fingerprint density at radius 1 is 1.33 bits per heavy atom. The van der Waals surface area contributed by atoms with Gasteiger partial charge in [0, 0.05) is 19.8 Å². The molecule has 0 aliphatic carbocycles. The number of aryl methyl sites for hydroxylation is 1. The van der Waals surface area contributed by atoms with Crippen molar-refractivity contribution in [3.63, 3.8) is 0 Å². The highest BCUT2D eigenvalue weighted by molar-refractivity contribution is 7.99. The van der Waals surface area contributed by atoms with E-state index in [-0.39, 0.29) is 0 Å². The summed E-state index contributed by atoms with van der Waals surface area (Å²) in [7, 11) is 1.99. The summed E-state index contributed by atoms with van der Waals surface area (Å²) in [6, 6.07) is 0. The summed E-state index contributed by atoms with van der Waals surface area (Å²) in [5.41, 5.74) is 5.34. The molecule has 1 aromatic rings. The van der Waals surface area contributed by atoms with Gasteiger partial charge in [-0.25, -0.2) is 0 Å². The van der Waals surface area contributed by atoms with E-state index in [1.807, 2.05) is 52.2 Å². The molecule has 0 atom stereocenters. The predicted octanol–water partition coefficient (Wildman–Crippen LogP) is 3.56. The average Bonchev–Trinajstić information content (AvgIpc) is 2.81. The number of thiazole rings is 1. The summed E-state index contributed by atoms with van der Waals surface area (Å²) in [6.45, 7) is 11.1. The fraction of sp³-hybridized carbons (Fsp3) is 0.750. The van der Waals surface area contributed by atoms with E-state index in [0.29, 0.717) is 18.3 Å². The maximum absolute atomic E-state index is 5.36. The fourth-order valence-electron chi connectivity index (χ4n) is 0.951. The zero-order valence-electron chi connectivity index (χ0n) is 12.6. The molecule has 0 unspecified atom stereocenters. The van der Waals surface area contributed by atoms with Crippen LogP contribution in [0.1, 0.15) is 32.6 Å². The first-order valence-corrected chi connectivity index (χ1v) is 8.27. The molecule has 2 N–H and O–H groups in total. The van der Waals surface area contributed by atoms with Gasteiger partial charge in [0.25, 0.3) is 5.19 Å². The second-order valence-corrected chi connectivity index (χ2v) is 4.76. The van der Waals surface area contributed by atoms with Gasteiger partial charge in [0.2, 0.25) is 0 Å². The second-order valence-electron chi connectivity index (χ2n) is 2.68. The minimum absolute atomic E-state index is 0.520. The van der Waals surface area contributed by atoms with Gasteiger partial charge in [-0.2, -0.15) is 4.98 Å². The van der Waals surface area contributed by atoms with E-state index in [1.165, 1.54) is 0 Å². The summed E-state index contributed by atoms with van der Waals surface area (Å²) in [5, 5.41) is 0.698. The van der Waals surface area contributed by atoms with Crippen LogP contribution in [0.15, 0.2) is 0 Å². The molecule has 0 radical (unpaired) electrons. The van der Waals surface area contributed by atoms with Crippen molar-refractivity contribution in [3.8, 4) is 5.19 Å². The SMILES string of the molecule is CC.CC.CSN(C)c1nc(OCCN)sc1C. The van der Waals surface area contributed by atoms with E-state index in [4.69, 9.17) is 10.5 Å². The van der Waals surface area contributed by atoms with Crippen LogP contribution in [0.5, 0.6) is 5.19 Å². The van der Waals surface area contributed by atoms with Crippen LogP contribution in [0.2, 0.25) is 0 Å². The first-order chi connectivity index (χ1) is 8.69. The molecule has 6 heteroatoms. The molecule has 18 heavy (non-hydrogen) atoms. The molecule has 0 spiro atoms. The minimum Gasteiger partial charge on any atom is -0.469 e. The largest absolute Gasteiger partial charge is 0.469 e. The highest BCUT2D eigenvalue weighted by atomic mass is 32.2. The maximum atomic E-state index is 5.36. The molecule has 1 aromatic heterocycles. The number of aromatic nitrogens is 1. The Bertz CT molecular complexity index is 293. The van der Waals surface area contributed by atoms with Gasteiger partial charge in [0.05, 0.1) is 4.88 Å². The maximum Gasteiger partial charge on any atom is 0.275 e. The van der Waals surface area contributed by atoms with E-state index in [9.17, 15) is 0 Å². The molecule has 0 amide bonds. The molecule has 0 aromatic carbocycles. The van der Waals surface area contributed by atoms with Crippen molar-refractivity contribution in [3.05, 3.63) is 4.88 Å². The molecule has 108 valence electrons. The molecule has 1 heterocycles. The number of nitrogens with zero attached hydrogens (tertiary/aromatic N) is 2. The minimum atomic E-state index is 0.520. The highest BCUT2D eigenvalue weighted by Gasteiger charge is 2.11. The lowest BCUT2D eigenvalue weighted by molar-refractivity contribution is 0.327. The third kappa shape index (κ3) is 7.08. The average molecular weight is 294 g/mol. The van der Waals surface area contributed by atoms with Crippen LogP contribution < -0.4 is 14.8 Å². The number of rotatable bonds is 5. The van der Waals surface area contributed by atoms with Crippen molar-refractivity contribution in [2.75, 3.05) is 30.8 Å². The van der Waals surface area contributed by atoms with Crippen LogP contribution in [0, 0.1) is 6.92 Å². The molecule has 0 fully saturated rings. The summed E-state index contributed by atoms with van der Waals surface area (Å²) in [5.74, 6) is 0.967. The lowest BCUT2D eigenvalue weighted by Crippen LogP contribution is -2.11. The van der Waals surface area contributed by atoms with Gasteiger partial charge in [0.1, 0.15) is 6.61 Å². The van der Waals surface area contributed by atoms with Crippen molar-refractivity contribution in [1.29, 1.82) is 0 Å². The first-order valence-electron chi connectivity index (χ1n) is 6.27. The summed E-state index contributed by atoms with van der Waals surface area (Å²) < 4.78 is 7.37. The van der Waals surface area contributed by atoms with Gasteiger partial charge in [-0.3, -0.25) is 0 Å². The molecular formula is C12H27N3OS2. The van der Waals surface area contributed by atoms with Crippen LogP contribution in [0.3, 0.4) is 0 Å². The monoisotopic (exact) mass is 293 g/mol. The normalized spacial score (nSPS) is 8.67. The Hall–Kier alpha value is -0.460. The molecular weight excluding hydrogens is 266 g/mol. The smallest absolute Gasteiger partial charge is 0.275 e. The Morgan fingerprint density at radius 3 is 2.33 bits per heavy atom. The Labute approximate surface area is 120 Å².